The number of nitrogens with one attached hydrogen (secondary N) is 2. The maximum Gasteiger partial charge on any atom is 0.167 e. The molecule has 0 radical (unpaired) electrons. The number of imidazole rings is 1. The fraction of sp³-hybridized carbons (Fsp3) is 0.615. The van der Waals surface area contributed by atoms with Gasteiger partial charge >= 0.3 is 0 Å². The zero-order valence-electron chi connectivity index (χ0n) is 19.9. The molecule has 0 aliphatic heterocycles. The standard InChI is InChI=1S/C26H37N3O3/c1-16-21(28-14-18-13-27-15-29-18)12-26(5)24(2,3)7-6-8-25(26,4)22(16)23(32)17-9-19(30)11-20(31)10-17/h9-11,13,15-16,21-22,28,30-31H,6-8,12,14H2,1-5H3,(H,27,29)/t16-,21-,22-,25-,26+/m1/s1. The second-order valence-electron chi connectivity index (χ2n) is 11.2. The lowest BCUT2D eigenvalue weighted by Crippen LogP contribution is -2.65. The zero-order chi connectivity index (χ0) is 23.3. The SMILES string of the molecule is C[C@@H]1[C@H](NCc2cnc[nH]2)C[C@@]2(C)C(C)(C)CCC[C@]2(C)[C@H]1C(=O)c1cc(O)cc(O)c1. The highest BCUT2D eigenvalue weighted by Gasteiger charge is 2.64. The van der Waals surface area contributed by atoms with Crippen LogP contribution in [0.5, 0.6) is 11.5 Å². The van der Waals surface area contributed by atoms with E-state index in [1.54, 1.807) is 6.33 Å². The third-order valence-electron chi connectivity index (χ3n) is 9.31. The Balaban J connectivity index is 1.76. The molecule has 0 unspecified atom stereocenters. The largest absolute Gasteiger partial charge is 0.508 e. The normalized spacial score (nSPS) is 34.1. The maximum absolute atomic E-state index is 14.0. The Bertz CT molecular complexity index is 966. The van der Waals surface area contributed by atoms with Gasteiger partial charge in [0.15, 0.2) is 5.78 Å². The number of carbonyl (C=O) groups excluding carboxylic acids is 1. The summed E-state index contributed by atoms with van der Waals surface area (Å²) in [7, 11) is 0. The lowest BCUT2D eigenvalue weighted by atomic mass is 9.38. The van der Waals surface area contributed by atoms with E-state index in [9.17, 15) is 15.0 Å². The van der Waals surface area contributed by atoms with E-state index in [1.807, 2.05) is 6.20 Å². The minimum atomic E-state index is -0.221. The van der Waals surface area contributed by atoms with E-state index in [4.69, 9.17) is 0 Å². The highest BCUT2D eigenvalue weighted by atomic mass is 16.3. The van der Waals surface area contributed by atoms with Gasteiger partial charge in [-0.1, -0.05) is 41.0 Å². The average Bonchev–Trinajstić information content (AvgIpc) is 3.21. The van der Waals surface area contributed by atoms with Crippen LogP contribution in [0.3, 0.4) is 0 Å². The number of nitrogens with zero attached hydrogens (tertiary/aromatic N) is 1. The smallest absolute Gasteiger partial charge is 0.167 e. The van der Waals surface area contributed by atoms with Crippen molar-refractivity contribution in [3.05, 3.63) is 42.0 Å². The first-order chi connectivity index (χ1) is 15.0. The lowest BCUT2D eigenvalue weighted by Gasteiger charge is -2.67. The Hall–Kier alpha value is -2.34. The molecule has 2 fully saturated rings. The first kappa shape index (κ1) is 22.8. The predicted octanol–water partition coefficient (Wildman–Crippen LogP) is 5.04. The molecule has 1 aromatic heterocycles. The first-order valence-electron chi connectivity index (χ1n) is 11.8. The molecule has 6 nitrogen and oxygen atoms in total. The Morgan fingerprint density at radius 1 is 1.16 bits per heavy atom. The Kier molecular flexibility index (Phi) is 5.64. The molecule has 1 heterocycles. The summed E-state index contributed by atoms with van der Waals surface area (Å²) in [6.07, 6.45) is 7.77. The molecule has 4 N–H and O–H groups in total. The van der Waals surface area contributed by atoms with Crippen molar-refractivity contribution < 1.29 is 15.0 Å². The summed E-state index contributed by atoms with van der Waals surface area (Å²) in [6.45, 7) is 12.3. The van der Waals surface area contributed by atoms with E-state index in [1.165, 1.54) is 18.2 Å². The predicted molar refractivity (Wildman–Crippen MR) is 124 cm³/mol. The van der Waals surface area contributed by atoms with Crippen LogP contribution in [0.25, 0.3) is 0 Å². The van der Waals surface area contributed by atoms with Crippen molar-refractivity contribution in [3.63, 3.8) is 0 Å². The van der Waals surface area contributed by atoms with Gasteiger partial charge in [-0.05, 0) is 53.6 Å². The van der Waals surface area contributed by atoms with Gasteiger partial charge in [-0.3, -0.25) is 4.79 Å². The molecule has 2 aliphatic carbocycles. The zero-order valence-corrected chi connectivity index (χ0v) is 19.9. The van der Waals surface area contributed by atoms with Gasteiger partial charge in [0.1, 0.15) is 11.5 Å². The molecule has 0 amide bonds. The van der Waals surface area contributed by atoms with Crippen molar-refractivity contribution in [3.8, 4) is 11.5 Å². The highest BCUT2D eigenvalue weighted by Crippen LogP contribution is 2.69. The van der Waals surface area contributed by atoms with E-state index in [0.29, 0.717) is 12.1 Å². The second kappa shape index (κ2) is 7.91. The number of phenols is 2. The van der Waals surface area contributed by atoms with Crippen LogP contribution >= 0.6 is 0 Å². The number of ketones is 1. The third-order valence-corrected chi connectivity index (χ3v) is 9.31. The van der Waals surface area contributed by atoms with Crippen LogP contribution in [0.15, 0.2) is 30.7 Å². The fourth-order valence-corrected chi connectivity index (χ4v) is 6.99. The molecule has 2 aliphatic rings. The molecule has 174 valence electrons. The molecular formula is C26H37N3O3. The summed E-state index contributed by atoms with van der Waals surface area (Å²) < 4.78 is 0. The van der Waals surface area contributed by atoms with Crippen LogP contribution in [0.2, 0.25) is 0 Å². The monoisotopic (exact) mass is 439 g/mol. The molecule has 4 rings (SSSR count). The molecule has 1 aromatic carbocycles. The van der Waals surface area contributed by atoms with E-state index in [0.717, 1.165) is 31.4 Å². The van der Waals surface area contributed by atoms with Crippen molar-refractivity contribution in [2.45, 2.75) is 72.9 Å². The number of rotatable bonds is 5. The number of aromatic hydroxyl groups is 2. The molecule has 6 heteroatoms. The first-order valence-corrected chi connectivity index (χ1v) is 11.8. The fourth-order valence-electron chi connectivity index (χ4n) is 6.99. The van der Waals surface area contributed by atoms with Gasteiger partial charge in [0, 0.05) is 42.0 Å². The van der Waals surface area contributed by atoms with Crippen molar-refractivity contribution in [1.82, 2.24) is 15.3 Å². The summed E-state index contributed by atoms with van der Waals surface area (Å²) in [5.74, 6) is -0.267. The number of hydrogen-bond acceptors (Lipinski definition) is 5. The van der Waals surface area contributed by atoms with Crippen LogP contribution in [-0.2, 0) is 6.54 Å². The molecule has 0 spiro atoms. The molecular weight excluding hydrogens is 402 g/mol. The van der Waals surface area contributed by atoms with E-state index >= 15 is 0 Å². The Labute approximate surface area is 190 Å². The van der Waals surface area contributed by atoms with Crippen molar-refractivity contribution in [1.29, 1.82) is 0 Å². The number of aromatic amines is 1. The van der Waals surface area contributed by atoms with Crippen LogP contribution in [0.1, 0.15) is 76.4 Å². The topological polar surface area (TPSA) is 98.2 Å². The third kappa shape index (κ3) is 3.53. The summed E-state index contributed by atoms with van der Waals surface area (Å²) in [6, 6.07) is 4.41. The van der Waals surface area contributed by atoms with Gasteiger partial charge in [0.2, 0.25) is 0 Å². The van der Waals surface area contributed by atoms with Crippen molar-refractivity contribution in [2.75, 3.05) is 0 Å². The summed E-state index contributed by atoms with van der Waals surface area (Å²) in [5.41, 5.74) is 1.28. The van der Waals surface area contributed by atoms with Crippen LogP contribution < -0.4 is 5.32 Å². The van der Waals surface area contributed by atoms with Crippen LogP contribution in [0, 0.1) is 28.1 Å². The van der Waals surface area contributed by atoms with Gasteiger partial charge in [-0.2, -0.15) is 0 Å². The second-order valence-corrected chi connectivity index (χ2v) is 11.2. The highest BCUT2D eigenvalue weighted by molar-refractivity contribution is 5.99. The molecule has 0 bridgehead atoms. The average molecular weight is 440 g/mol. The van der Waals surface area contributed by atoms with Gasteiger partial charge in [0.25, 0.3) is 0 Å². The van der Waals surface area contributed by atoms with E-state index < -0.39 is 0 Å². The minimum Gasteiger partial charge on any atom is -0.508 e. The van der Waals surface area contributed by atoms with Crippen LogP contribution in [0.4, 0.5) is 0 Å². The number of carbonyl (C=O) groups is 1. The molecule has 2 saturated carbocycles. The number of phenolic OH excluding ortho intramolecular Hbond substituents is 2. The van der Waals surface area contributed by atoms with Crippen molar-refractivity contribution >= 4 is 5.78 Å². The number of Topliss-reactive ketones (excluding diaryl/α,β-unsaturated/α-hetero) is 1. The Morgan fingerprint density at radius 2 is 1.84 bits per heavy atom. The molecule has 5 atom stereocenters. The van der Waals surface area contributed by atoms with Gasteiger partial charge < -0.3 is 20.5 Å². The van der Waals surface area contributed by atoms with Gasteiger partial charge in [-0.25, -0.2) is 4.98 Å². The van der Waals surface area contributed by atoms with Crippen molar-refractivity contribution in [2.24, 2.45) is 28.1 Å². The Morgan fingerprint density at radius 3 is 2.47 bits per heavy atom. The quantitative estimate of drug-likeness (QED) is 0.489. The number of H-pyrrole nitrogens is 1. The van der Waals surface area contributed by atoms with E-state index in [2.05, 4.69) is 49.9 Å². The maximum atomic E-state index is 14.0. The lowest BCUT2D eigenvalue weighted by molar-refractivity contribution is -0.164. The number of aromatic nitrogens is 2. The number of benzene rings is 1. The summed E-state index contributed by atoms with van der Waals surface area (Å²) in [4.78, 5) is 21.3. The minimum absolute atomic E-state index is 0.0168. The number of hydrogen-bond donors (Lipinski definition) is 4. The molecule has 0 saturated heterocycles. The summed E-state index contributed by atoms with van der Waals surface area (Å²) >= 11 is 0. The number of fused-ring (bicyclic) bond motifs is 1. The molecule has 2 aromatic rings. The van der Waals surface area contributed by atoms with Crippen LogP contribution in [-0.4, -0.2) is 32.0 Å². The molecule has 32 heavy (non-hydrogen) atoms. The van der Waals surface area contributed by atoms with Gasteiger partial charge in [-0.15, -0.1) is 0 Å². The van der Waals surface area contributed by atoms with E-state index in [-0.39, 0.29) is 51.4 Å². The van der Waals surface area contributed by atoms with Gasteiger partial charge in [0.05, 0.1) is 6.33 Å². The summed E-state index contributed by atoms with van der Waals surface area (Å²) in [5, 5.41) is 23.8.